The molecule has 0 radical (unpaired) electrons. The average molecular weight is 146 g/mol. The lowest BCUT2D eigenvalue weighted by molar-refractivity contribution is 0.324. The van der Waals surface area contributed by atoms with E-state index >= 15 is 0 Å². The van der Waals surface area contributed by atoms with Crippen molar-refractivity contribution in [3.63, 3.8) is 0 Å². The van der Waals surface area contributed by atoms with E-state index in [1.54, 1.807) is 0 Å². The minimum Gasteiger partial charge on any atom is -0.302 e. The molecule has 1 unspecified atom stereocenters. The lowest BCUT2D eigenvalue weighted by atomic mass is 10.1. The lowest BCUT2D eigenvalue weighted by Crippen LogP contribution is -2.29. The van der Waals surface area contributed by atoms with Gasteiger partial charge in [-0.1, -0.05) is 12.2 Å². The minimum absolute atomic E-state index is 0.574. The Labute approximate surface area is 61.3 Å². The van der Waals surface area contributed by atoms with Gasteiger partial charge < -0.3 is 4.90 Å². The van der Waals surface area contributed by atoms with Crippen molar-refractivity contribution in [2.45, 2.75) is 0 Å². The second-order valence-electron chi connectivity index (χ2n) is 2.56. The average Bonchev–Trinajstić information content (AvgIpc) is 1.88. The van der Waals surface area contributed by atoms with Gasteiger partial charge in [0.2, 0.25) is 0 Å². The fourth-order valence-corrected chi connectivity index (χ4v) is 1.27. The van der Waals surface area contributed by atoms with Crippen LogP contribution in [-0.4, -0.2) is 30.9 Å². The van der Waals surface area contributed by atoms with E-state index in [1.165, 1.54) is 0 Å². The highest BCUT2D eigenvalue weighted by atomic mass is 35.5. The largest absolute Gasteiger partial charge is 0.302 e. The fraction of sp³-hybridized carbons (Fsp3) is 0.714. The van der Waals surface area contributed by atoms with E-state index in [-0.39, 0.29) is 0 Å². The zero-order chi connectivity index (χ0) is 6.69. The summed E-state index contributed by atoms with van der Waals surface area (Å²) in [6, 6.07) is 0. The van der Waals surface area contributed by atoms with Gasteiger partial charge in [0.05, 0.1) is 0 Å². The molecular formula is C7H12ClN. The van der Waals surface area contributed by atoms with Crippen molar-refractivity contribution in [3.8, 4) is 0 Å². The molecule has 1 nitrogen and oxygen atoms in total. The van der Waals surface area contributed by atoms with Gasteiger partial charge >= 0.3 is 0 Å². The summed E-state index contributed by atoms with van der Waals surface area (Å²) in [5.74, 6) is 1.33. The molecule has 1 aliphatic heterocycles. The van der Waals surface area contributed by atoms with Gasteiger partial charge in [0.25, 0.3) is 0 Å². The van der Waals surface area contributed by atoms with Gasteiger partial charge in [0.1, 0.15) is 0 Å². The van der Waals surface area contributed by atoms with E-state index in [4.69, 9.17) is 11.6 Å². The van der Waals surface area contributed by atoms with Crippen LogP contribution in [0.3, 0.4) is 0 Å². The summed E-state index contributed by atoms with van der Waals surface area (Å²) >= 11 is 5.67. The summed E-state index contributed by atoms with van der Waals surface area (Å²) in [6.07, 6.45) is 4.38. The zero-order valence-electron chi connectivity index (χ0n) is 5.68. The van der Waals surface area contributed by atoms with Gasteiger partial charge in [0.15, 0.2) is 0 Å². The number of hydrogen-bond donors (Lipinski definition) is 0. The molecule has 0 aromatic heterocycles. The standard InChI is InChI=1S/C7H12ClN/c1-9-4-2-3-7(5-8)6-9/h2-3,7H,4-6H2,1H3. The molecule has 0 spiro atoms. The summed E-state index contributed by atoms with van der Waals surface area (Å²) in [5, 5.41) is 0. The molecule has 0 N–H and O–H groups in total. The molecule has 1 heterocycles. The molecule has 0 fully saturated rings. The molecule has 1 atom stereocenters. The molecule has 1 rings (SSSR count). The van der Waals surface area contributed by atoms with Gasteiger partial charge in [-0.3, -0.25) is 0 Å². The molecule has 2 heteroatoms. The third-order valence-electron chi connectivity index (χ3n) is 1.57. The Morgan fingerprint density at radius 3 is 3.00 bits per heavy atom. The van der Waals surface area contributed by atoms with Crippen molar-refractivity contribution in [2.75, 3.05) is 26.0 Å². The van der Waals surface area contributed by atoms with Gasteiger partial charge in [0, 0.05) is 24.9 Å². The summed E-state index contributed by atoms with van der Waals surface area (Å²) in [5.41, 5.74) is 0. The van der Waals surface area contributed by atoms with Gasteiger partial charge in [-0.25, -0.2) is 0 Å². The smallest absolute Gasteiger partial charge is 0.0298 e. The zero-order valence-corrected chi connectivity index (χ0v) is 6.43. The normalized spacial score (nSPS) is 28.9. The van der Waals surface area contributed by atoms with E-state index in [9.17, 15) is 0 Å². The van der Waals surface area contributed by atoms with Crippen molar-refractivity contribution < 1.29 is 0 Å². The van der Waals surface area contributed by atoms with Crippen LogP contribution in [0.25, 0.3) is 0 Å². The number of rotatable bonds is 1. The van der Waals surface area contributed by atoms with Crippen LogP contribution in [0, 0.1) is 5.92 Å². The first-order valence-electron chi connectivity index (χ1n) is 3.24. The quantitative estimate of drug-likeness (QED) is 0.398. The third kappa shape index (κ3) is 1.99. The van der Waals surface area contributed by atoms with E-state index in [1.807, 2.05) is 0 Å². The maximum atomic E-state index is 5.67. The van der Waals surface area contributed by atoms with Crippen LogP contribution < -0.4 is 0 Å². The molecule has 0 saturated heterocycles. The summed E-state index contributed by atoms with van der Waals surface area (Å²) in [6.45, 7) is 2.19. The van der Waals surface area contributed by atoms with Crippen molar-refractivity contribution in [1.29, 1.82) is 0 Å². The summed E-state index contributed by atoms with van der Waals surface area (Å²) in [4.78, 5) is 2.27. The first-order valence-corrected chi connectivity index (χ1v) is 3.77. The summed E-state index contributed by atoms with van der Waals surface area (Å²) < 4.78 is 0. The van der Waals surface area contributed by atoms with Crippen LogP contribution in [0.5, 0.6) is 0 Å². The second kappa shape index (κ2) is 3.23. The second-order valence-corrected chi connectivity index (χ2v) is 2.87. The molecule has 0 saturated carbocycles. The van der Waals surface area contributed by atoms with E-state index in [2.05, 4.69) is 24.1 Å². The van der Waals surface area contributed by atoms with E-state index in [0.717, 1.165) is 19.0 Å². The van der Waals surface area contributed by atoms with Gasteiger partial charge in [-0.15, -0.1) is 11.6 Å². The lowest BCUT2D eigenvalue weighted by Gasteiger charge is -2.22. The third-order valence-corrected chi connectivity index (χ3v) is 1.97. The van der Waals surface area contributed by atoms with E-state index in [0.29, 0.717) is 5.92 Å². The Bertz CT molecular complexity index is 111. The highest BCUT2D eigenvalue weighted by molar-refractivity contribution is 6.18. The molecule has 9 heavy (non-hydrogen) atoms. The van der Waals surface area contributed by atoms with Gasteiger partial charge in [-0.2, -0.15) is 0 Å². The number of likely N-dealkylation sites (N-methyl/N-ethyl adjacent to an activating group) is 1. The number of halogens is 1. The molecule has 1 aliphatic rings. The van der Waals surface area contributed by atoms with Crippen LogP contribution >= 0.6 is 11.6 Å². The van der Waals surface area contributed by atoms with E-state index < -0.39 is 0 Å². The SMILES string of the molecule is CN1CC=CC(CCl)C1. The maximum Gasteiger partial charge on any atom is 0.0298 e. The highest BCUT2D eigenvalue weighted by Gasteiger charge is 2.09. The first kappa shape index (κ1) is 7.10. The Morgan fingerprint density at radius 2 is 2.56 bits per heavy atom. The highest BCUT2D eigenvalue weighted by Crippen LogP contribution is 2.08. The Balaban J connectivity index is 2.39. The molecule has 52 valence electrons. The number of alkyl halides is 1. The molecular weight excluding hydrogens is 134 g/mol. The van der Waals surface area contributed by atoms with Crippen LogP contribution in [0.15, 0.2) is 12.2 Å². The maximum absolute atomic E-state index is 5.67. The molecule has 0 aliphatic carbocycles. The first-order chi connectivity index (χ1) is 4.33. The molecule has 0 aromatic carbocycles. The predicted molar refractivity (Wildman–Crippen MR) is 40.8 cm³/mol. The van der Waals surface area contributed by atoms with Crippen molar-refractivity contribution in [1.82, 2.24) is 4.90 Å². The van der Waals surface area contributed by atoms with Crippen molar-refractivity contribution in [2.24, 2.45) is 5.92 Å². The molecule has 0 amide bonds. The number of hydrogen-bond acceptors (Lipinski definition) is 1. The van der Waals surface area contributed by atoms with Crippen LogP contribution in [0.2, 0.25) is 0 Å². The monoisotopic (exact) mass is 145 g/mol. The summed E-state index contributed by atoms with van der Waals surface area (Å²) in [7, 11) is 2.11. The van der Waals surface area contributed by atoms with Crippen LogP contribution in [-0.2, 0) is 0 Å². The number of nitrogens with zero attached hydrogens (tertiary/aromatic N) is 1. The fourth-order valence-electron chi connectivity index (χ4n) is 1.07. The predicted octanol–water partition coefficient (Wildman–Crippen LogP) is 1.34. The Hall–Kier alpha value is -0.0100. The minimum atomic E-state index is 0.574. The van der Waals surface area contributed by atoms with Crippen molar-refractivity contribution in [3.05, 3.63) is 12.2 Å². The Kier molecular flexibility index (Phi) is 2.55. The Morgan fingerprint density at radius 1 is 1.78 bits per heavy atom. The molecule has 0 aromatic rings. The van der Waals surface area contributed by atoms with Crippen LogP contribution in [0.1, 0.15) is 0 Å². The molecule has 0 bridgehead atoms. The van der Waals surface area contributed by atoms with Crippen LogP contribution in [0.4, 0.5) is 0 Å². The van der Waals surface area contributed by atoms with Gasteiger partial charge in [-0.05, 0) is 7.05 Å². The van der Waals surface area contributed by atoms with Crippen molar-refractivity contribution >= 4 is 11.6 Å². The topological polar surface area (TPSA) is 3.24 Å².